The number of nitrogens with one attached hydrogen (secondary N) is 1. The number of carbonyl (C=O) groups excluding carboxylic acids is 2. The van der Waals surface area contributed by atoms with Gasteiger partial charge in [-0.15, -0.1) is 0 Å². The zero-order valence-corrected chi connectivity index (χ0v) is 16.2. The number of hydrogen-bond acceptors (Lipinski definition) is 3. The fraction of sp³-hybridized carbons (Fsp3) is 0.263. The summed E-state index contributed by atoms with van der Waals surface area (Å²) in [6.45, 7) is 0.478. The molecule has 0 spiro atoms. The number of rotatable bonds is 4. The Kier molecular flexibility index (Phi) is 5.96. The predicted octanol–water partition coefficient (Wildman–Crippen LogP) is 2.99. The molecule has 2 N–H and O–H groups in total. The molecule has 0 saturated carbocycles. The van der Waals surface area contributed by atoms with Crippen molar-refractivity contribution in [2.24, 2.45) is 0 Å². The third kappa shape index (κ3) is 4.44. The lowest BCUT2D eigenvalue weighted by atomic mass is 10.1. The quantitative estimate of drug-likeness (QED) is 0.772. The molecule has 0 aromatic heterocycles. The Morgan fingerprint density at radius 1 is 1.23 bits per heavy atom. The van der Waals surface area contributed by atoms with Gasteiger partial charge in [-0.25, -0.2) is 0 Å². The van der Waals surface area contributed by atoms with Gasteiger partial charge in [0.2, 0.25) is 5.91 Å². The maximum atomic E-state index is 12.8. The van der Waals surface area contributed by atoms with Crippen LogP contribution in [0.15, 0.2) is 53.0 Å². The zero-order valence-electron chi connectivity index (χ0n) is 13.9. The minimum atomic E-state index is -0.711. The summed E-state index contributed by atoms with van der Waals surface area (Å²) < 4.78 is 0.784. The molecule has 26 heavy (non-hydrogen) atoms. The van der Waals surface area contributed by atoms with E-state index in [1.165, 1.54) is 4.90 Å². The van der Waals surface area contributed by atoms with Crippen molar-refractivity contribution in [3.63, 3.8) is 0 Å². The molecular weight excluding hydrogens is 420 g/mol. The van der Waals surface area contributed by atoms with Gasteiger partial charge in [0.05, 0.1) is 6.10 Å². The molecule has 2 atom stereocenters. The summed E-state index contributed by atoms with van der Waals surface area (Å²) in [7, 11) is 0. The maximum absolute atomic E-state index is 12.8. The van der Waals surface area contributed by atoms with Crippen molar-refractivity contribution in [3.8, 4) is 0 Å². The second-order valence-electron chi connectivity index (χ2n) is 6.22. The summed E-state index contributed by atoms with van der Waals surface area (Å²) in [6, 6.07) is 13.5. The number of aliphatic hydroxyl groups excluding tert-OH is 1. The highest BCUT2D eigenvalue weighted by Gasteiger charge is 2.39. The molecule has 5 nitrogen and oxygen atoms in total. The molecule has 1 fully saturated rings. The lowest BCUT2D eigenvalue weighted by Gasteiger charge is -2.24. The van der Waals surface area contributed by atoms with Crippen LogP contribution in [-0.2, 0) is 11.3 Å². The molecule has 136 valence electrons. The van der Waals surface area contributed by atoms with Crippen LogP contribution in [0.5, 0.6) is 0 Å². The van der Waals surface area contributed by atoms with Crippen LogP contribution < -0.4 is 5.32 Å². The first kappa shape index (κ1) is 18.9. The average Bonchev–Trinajstić information content (AvgIpc) is 3.02. The van der Waals surface area contributed by atoms with Crippen molar-refractivity contribution in [1.82, 2.24) is 10.2 Å². The summed E-state index contributed by atoms with van der Waals surface area (Å²) >= 11 is 9.20. The first-order chi connectivity index (χ1) is 12.4. The molecule has 0 radical (unpaired) electrons. The number of aliphatic hydroxyl groups is 1. The summed E-state index contributed by atoms with van der Waals surface area (Å²) in [5.41, 5.74) is 1.38. The van der Waals surface area contributed by atoms with Crippen LogP contribution in [0.2, 0.25) is 5.02 Å². The van der Waals surface area contributed by atoms with E-state index in [1.54, 1.807) is 30.3 Å². The number of carbonyl (C=O) groups is 2. The topological polar surface area (TPSA) is 69.6 Å². The monoisotopic (exact) mass is 436 g/mol. The van der Waals surface area contributed by atoms with E-state index < -0.39 is 12.1 Å². The van der Waals surface area contributed by atoms with Gasteiger partial charge < -0.3 is 15.3 Å². The Labute approximate surface area is 165 Å². The van der Waals surface area contributed by atoms with Gasteiger partial charge in [-0.1, -0.05) is 45.7 Å². The Morgan fingerprint density at radius 3 is 2.65 bits per heavy atom. The van der Waals surface area contributed by atoms with Gasteiger partial charge in [-0.05, 0) is 35.9 Å². The van der Waals surface area contributed by atoms with Gasteiger partial charge in [0.25, 0.3) is 5.91 Å². The van der Waals surface area contributed by atoms with Crippen LogP contribution in [-0.4, -0.2) is 40.5 Å². The first-order valence-electron chi connectivity index (χ1n) is 8.21. The molecule has 2 aromatic carbocycles. The van der Waals surface area contributed by atoms with Crippen molar-refractivity contribution in [1.29, 1.82) is 0 Å². The minimum absolute atomic E-state index is 0.143. The van der Waals surface area contributed by atoms with E-state index in [1.807, 2.05) is 18.2 Å². The number of hydrogen-bond donors (Lipinski definition) is 2. The molecule has 0 unspecified atom stereocenters. The highest BCUT2D eigenvalue weighted by Crippen LogP contribution is 2.22. The van der Waals surface area contributed by atoms with Gasteiger partial charge in [0.15, 0.2) is 0 Å². The van der Waals surface area contributed by atoms with Crippen LogP contribution in [0.4, 0.5) is 0 Å². The third-order valence-electron chi connectivity index (χ3n) is 4.29. The molecule has 2 amide bonds. The lowest BCUT2D eigenvalue weighted by Crippen LogP contribution is -2.45. The normalized spacial score (nSPS) is 19.4. The van der Waals surface area contributed by atoms with Crippen molar-refractivity contribution in [2.45, 2.75) is 25.1 Å². The van der Waals surface area contributed by atoms with Crippen LogP contribution in [0.3, 0.4) is 0 Å². The molecule has 2 aromatic rings. The van der Waals surface area contributed by atoms with Crippen molar-refractivity contribution in [3.05, 3.63) is 69.2 Å². The SMILES string of the molecule is O=C(NCc1ccc(Cl)cc1)[C@@H]1C[C@@H](O)CN1C(=O)c1cccc(Br)c1. The van der Waals surface area contributed by atoms with Gasteiger partial charge >= 0.3 is 0 Å². The van der Waals surface area contributed by atoms with E-state index in [2.05, 4.69) is 21.2 Å². The molecule has 0 bridgehead atoms. The largest absolute Gasteiger partial charge is 0.391 e. The molecule has 1 aliphatic heterocycles. The van der Waals surface area contributed by atoms with Crippen LogP contribution in [0.25, 0.3) is 0 Å². The second-order valence-corrected chi connectivity index (χ2v) is 7.57. The summed E-state index contributed by atoms with van der Waals surface area (Å²) in [4.78, 5) is 26.8. The fourth-order valence-corrected chi connectivity index (χ4v) is 3.51. The smallest absolute Gasteiger partial charge is 0.254 e. The molecule has 1 saturated heterocycles. The Balaban J connectivity index is 1.69. The molecule has 1 heterocycles. The minimum Gasteiger partial charge on any atom is -0.391 e. The number of likely N-dealkylation sites (tertiary alicyclic amines) is 1. The van der Waals surface area contributed by atoms with Crippen LogP contribution >= 0.6 is 27.5 Å². The number of benzene rings is 2. The Morgan fingerprint density at radius 2 is 1.96 bits per heavy atom. The highest BCUT2D eigenvalue weighted by molar-refractivity contribution is 9.10. The standard InChI is InChI=1S/C19H18BrClN2O3/c20-14-3-1-2-13(8-14)19(26)23-11-16(24)9-17(23)18(25)22-10-12-4-6-15(21)7-5-12/h1-8,16-17,24H,9-11H2,(H,22,25)/t16-,17+/m1/s1. The maximum Gasteiger partial charge on any atom is 0.254 e. The van der Waals surface area contributed by atoms with Crippen LogP contribution in [0, 0.1) is 0 Å². The Hall–Kier alpha value is -1.89. The van der Waals surface area contributed by atoms with Crippen LogP contribution in [0.1, 0.15) is 22.3 Å². The fourth-order valence-electron chi connectivity index (χ4n) is 2.98. The number of β-amino-alcohol motifs (C(OH)–C–C–N with tert-alkyl or cyclic N) is 1. The average molecular weight is 438 g/mol. The van der Waals surface area contributed by atoms with E-state index in [0.29, 0.717) is 17.1 Å². The predicted molar refractivity (Wildman–Crippen MR) is 103 cm³/mol. The summed E-state index contributed by atoms with van der Waals surface area (Å²) in [5, 5.41) is 13.4. The van der Waals surface area contributed by atoms with E-state index in [-0.39, 0.29) is 24.8 Å². The summed E-state index contributed by atoms with van der Waals surface area (Å²) in [6.07, 6.45) is -0.482. The zero-order chi connectivity index (χ0) is 18.7. The second kappa shape index (κ2) is 8.20. The van der Waals surface area contributed by atoms with Crippen molar-refractivity contribution >= 4 is 39.3 Å². The van der Waals surface area contributed by atoms with Gasteiger partial charge in [0, 0.05) is 34.6 Å². The molecule has 1 aliphatic rings. The molecule has 3 rings (SSSR count). The highest BCUT2D eigenvalue weighted by atomic mass is 79.9. The number of nitrogens with zero attached hydrogens (tertiary/aromatic N) is 1. The number of halogens is 2. The Bertz CT molecular complexity index is 813. The van der Waals surface area contributed by atoms with Crippen molar-refractivity contribution in [2.75, 3.05) is 6.54 Å². The van der Waals surface area contributed by atoms with E-state index in [9.17, 15) is 14.7 Å². The van der Waals surface area contributed by atoms with Crippen molar-refractivity contribution < 1.29 is 14.7 Å². The number of amides is 2. The van der Waals surface area contributed by atoms with E-state index in [0.717, 1.165) is 10.0 Å². The summed E-state index contributed by atoms with van der Waals surface area (Å²) in [5.74, 6) is -0.547. The molecule has 7 heteroatoms. The van der Waals surface area contributed by atoms with E-state index in [4.69, 9.17) is 11.6 Å². The van der Waals surface area contributed by atoms with Gasteiger partial charge in [0.1, 0.15) is 6.04 Å². The van der Waals surface area contributed by atoms with Gasteiger partial charge in [-0.2, -0.15) is 0 Å². The third-order valence-corrected chi connectivity index (χ3v) is 5.04. The van der Waals surface area contributed by atoms with E-state index >= 15 is 0 Å². The lowest BCUT2D eigenvalue weighted by molar-refractivity contribution is -0.125. The molecular formula is C19H18BrClN2O3. The molecule has 0 aliphatic carbocycles. The van der Waals surface area contributed by atoms with Gasteiger partial charge in [-0.3, -0.25) is 9.59 Å². The first-order valence-corrected chi connectivity index (χ1v) is 9.38.